The van der Waals surface area contributed by atoms with Crippen LogP contribution in [0.4, 0.5) is 0 Å². The van der Waals surface area contributed by atoms with Crippen LogP contribution >= 0.6 is 0 Å². The Bertz CT molecular complexity index is 1520. The van der Waals surface area contributed by atoms with Gasteiger partial charge in [-0.25, -0.2) is 0 Å². The molecule has 0 amide bonds. The number of carbonyl (C=O) groups excluding carboxylic acids is 4. The molecule has 0 aliphatic heterocycles. The van der Waals surface area contributed by atoms with Crippen LogP contribution in [0.3, 0.4) is 0 Å². The van der Waals surface area contributed by atoms with E-state index >= 15 is 0 Å². The Labute approximate surface area is 227 Å². The summed E-state index contributed by atoms with van der Waals surface area (Å²) < 4.78 is 10.7. The summed E-state index contributed by atoms with van der Waals surface area (Å²) in [6.45, 7) is 0. The number of benzene rings is 4. The van der Waals surface area contributed by atoms with Gasteiger partial charge >= 0.3 is 0 Å². The Morgan fingerprint density at radius 3 is 1.10 bits per heavy atom. The van der Waals surface area contributed by atoms with E-state index in [0.29, 0.717) is 11.1 Å². The van der Waals surface area contributed by atoms with Crippen molar-refractivity contribution < 1.29 is 49.1 Å². The molecule has 0 radical (unpaired) electrons. The quantitative estimate of drug-likeness (QED) is 0.177. The Kier molecular flexibility index (Phi) is 7.53. The van der Waals surface area contributed by atoms with Crippen molar-refractivity contribution in [2.24, 2.45) is 0 Å². The molecule has 4 rings (SSSR count). The first-order valence-corrected chi connectivity index (χ1v) is 11.6. The maximum atomic E-state index is 12.9. The van der Waals surface area contributed by atoms with Crippen molar-refractivity contribution in [2.75, 3.05) is 14.2 Å². The molecule has 0 spiro atoms. The number of rotatable bonds is 9. The number of hydrogen-bond acceptors (Lipinski definition) is 10. The lowest BCUT2D eigenvalue weighted by molar-refractivity contribution is 0.0814. The van der Waals surface area contributed by atoms with Crippen LogP contribution in [-0.4, -0.2) is 57.8 Å². The van der Waals surface area contributed by atoms with Crippen LogP contribution in [0.15, 0.2) is 72.8 Å². The molecule has 0 saturated carbocycles. The highest BCUT2D eigenvalue weighted by Crippen LogP contribution is 2.33. The molecular weight excluding hydrogens is 520 g/mol. The summed E-state index contributed by atoms with van der Waals surface area (Å²) in [5.74, 6) is -5.17. The highest BCUT2D eigenvalue weighted by molar-refractivity contribution is 6.50. The van der Waals surface area contributed by atoms with Crippen molar-refractivity contribution >= 4 is 23.1 Å². The van der Waals surface area contributed by atoms with Gasteiger partial charge in [0.05, 0.1) is 25.3 Å². The van der Waals surface area contributed by atoms with Gasteiger partial charge in [0.1, 0.15) is 34.5 Å². The maximum Gasteiger partial charge on any atom is 0.237 e. The zero-order valence-electron chi connectivity index (χ0n) is 21.2. The van der Waals surface area contributed by atoms with Gasteiger partial charge in [-0.15, -0.1) is 0 Å². The van der Waals surface area contributed by atoms with Crippen LogP contribution in [0.25, 0.3) is 11.1 Å². The van der Waals surface area contributed by atoms with Gasteiger partial charge in [0.15, 0.2) is 0 Å². The number of hydrogen-bond donors (Lipinski definition) is 4. The van der Waals surface area contributed by atoms with E-state index in [-0.39, 0.29) is 56.8 Å². The van der Waals surface area contributed by atoms with Gasteiger partial charge in [-0.2, -0.15) is 0 Å². The van der Waals surface area contributed by atoms with E-state index in [1.54, 1.807) is 12.1 Å². The van der Waals surface area contributed by atoms with Gasteiger partial charge < -0.3 is 29.9 Å². The predicted octanol–water partition coefficient (Wildman–Crippen LogP) is 4.32. The van der Waals surface area contributed by atoms with Crippen molar-refractivity contribution in [3.05, 3.63) is 95.1 Å². The summed E-state index contributed by atoms with van der Waals surface area (Å²) in [6, 6.07) is 15.1. The Morgan fingerprint density at radius 1 is 0.475 bits per heavy atom. The molecule has 4 aromatic rings. The highest BCUT2D eigenvalue weighted by atomic mass is 16.5. The van der Waals surface area contributed by atoms with Crippen LogP contribution in [0.1, 0.15) is 41.4 Å². The van der Waals surface area contributed by atoms with Gasteiger partial charge in [-0.1, -0.05) is 12.1 Å². The molecule has 202 valence electrons. The molecule has 4 aromatic carbocycles. The van der Waals surface area contributed by atoms with Crippen LogP contribution in [0.2, 0.25) is 0 Å². The lowest BCUT2D eigenvalue weighted by Crippen LogP contribution is -2.16. The maximum absolute atomic E-state index is 12.9. The highest BCUT2D eigenvalue weighted by Gasteiger charge is 2.25. The topological polar surface area (TPSA) is 168 Å². The third kappa shape index (κ3) is 5.46. The van der Waals surface area contributed by atoms with E-state index < -0.39 is 23.1 Å². The molecule has 0 saturated heterocycles. The molecule has 0 unspecified atom stereocenters. The number of phenols is 4. The molecule has 10 nitrogen and oxygen atoms in total. The second-order valence-electron chi connectivity index (χ2n) is 8.62. The summed E-state index contributed by atoms with van der Waals surface area (Å²) in [5.41, 5.74) is 0.536. The van der Waals surface area contributed by atoms with Crippen molar-refractivity contribution in [1.29, 1.82) is 0 Å². The standard InChI is InChI=1S/C30H22O10/c1-39-25-11-15(3-5-23(25)29(37)27(35)17-7-19(31)13-20(32)8-17)16-4-6-24(26(12-16)40-2)30(38)28(36)18-9-21(33)14-22(34)10-18/h3-14,31-34H,1-2H3. The molecule has 0 atom stereocenters. The first-order valence-electron chi connectivity index (χ1n) is 11.6. The molecule has 0 aliphatic carbocycles. The van der Waals surface area contributed by atoms with Crippen molar-refractivity contribution in [3.63, 3.8) is 0 Å². The molecule has 0 aromatic heterocycles. The average molecular weight is 542 g/mol. The fraction of sp³-hybridized carbons (Fsp3) is 0.0667. The SMILES string of the molecule is COc1cc(-c2ccc(C(=O)C(=O)c3cc(O)cc(O)c3)c(OC)c2)ccc1C(=O)C(=O)c1cc(O)cc(O)c1. The number of aromatic hydroxyl groups is 4. The Morgan fingerprint density at radius 2 is 0.800 bits per heavy atom. The number of ether oxygens (including phenoxy) is 2. The van der Waals surface area contributed by atoms with Crippen LogP contribution in [-0.2, 0) is 0 Å². The lowest BCUT2D eigenvalue weighted by atomic mass is 9.95. The second kappa shape index (κ2) is 11.0. The Hall–Kier alpha value is -5.64. The first kappa shape index (κ1) is 27.4. The smallest absolute Gasteiger partial charge is 0.237 e. The predicted molar refractivity (Wildman–Crippen MR) is 142 cm³/mol. The summed E-state index contributed by atoms with van der Waals surface area (Å²) >= 11 is 0. The van der Waals surface area contributed by atoms with E-state index in [2.05, 4.69) is 0 Å². The summed E-state index contributed by atoms with van der Waals surface area (Å²) in [7, 11) is 2.63. The summed E-state index contributed by atoms with van der Waals surface area (Å²) in [4.78, 5) is 51.3. The molecule has 0 bridgehead atoms. The number of carbonyl (C=O) groups is 4. The van der Waals surface area contributed by atoms with E-state index in [9.17, 15) is 39.6 Å². The molecule has 0 aliphatic rings. The number of phenolic OH excluding ortho intramolecular Hbond substituents is 4. The fourth-order valence-electron chi connectivity index (χ4n) is 4.08. The zero-order chi connectivity index (χ0) is 29.1. The molecule has 4 N–H and O–H groups in total. The minimum absolute atomic E-state index is 0.0576. The van der Waals surface area contributed by atoms with E-state index in [1.807, 2.05) is 0 Å². The van der Waals surface area contributed by atoms with Gasteiger partial charge in [-0.3, -0.25) is 19.2 Å². The van der Waals surface area contributed by atoms with Crippen molar-refractivity contribution in [3.8, 4) is 45.6 Å². The van der Waals surface area contributed by atoms with Gasteiger partial charge in [0.2, 0.25) is 23.1 Å². The largest absolute Gasteiger partial charge is 0.508 e. The third-order valence-corrected chi connectivity index (χ3v) is 5.97. The molecule has 0 heterocycles. The zero-order valence-corrected chi connectivity index (χ0v) is 21.2. The second-order valence-corrected chi connectivity index (χ2v) is 8.62. The summed E-state index contributed by atoms with van der Waals surface area (Å²) in [5, 5.41) is 38.6. The minimum atomic E-state index is -0.966. The fourth-order valence-corrected chi connectivity index (χ4v) is 4.08. The Balaban J connectivity index is 1.65. The number of Topliss-reactive ketones (excluding diaryl/α,β-unsaturated/α-hetero) is 4. The number of methoxy groups -OCH3 is 2. The van der Waals surface area contributed by atoms with Gasteiger partial charge in [0.25, 0.3) is 0 Å². The third-order valence-electron chi connectivity index (χ3n) is 5.97. The summed E-state index contributed by atoms with van der Waals surface area (Å²) in [6.07, 6.45) is 0. The van der Waals surface area contributed by atoms with Crippen molar-refractivity contribution in [2.45, 2.75) is 0 Å². The van der Waals surface area contributed by atoms with E-state index in [1.165, 1.54) is 38.5 Å². The molecule has 40 heavy (non-hydrogen) atoms. The lowest BCUT2D eigenvalue weighted by Gasteiger charge is -2.13. The molecule has 0 fully saturated rings. The van der Waals surface area contributed by atoms with Crippen LogP contribution in [0.5, 0.6) is 34.5 Å². The van der Waals surface area contributed by atoms with E-state index in [0.717, 1.165) is 36.4 Å². The van der Waals surface area contributed by atoms with Gasteiger partial charge in [-0.05, 0) is 59.7 Å². The molecule has 10 heteroatoms. The van der Waals surface area contributed by atoms with E-state index in [4.69, 9.17) is 9.47 Å². The first-order chi connectivity index (χ1) is 19.0. The van der Waals surface area contributed by atoms with Crippen LogP contribution < -0.4 is 9.47 Å². The monoisotopic (exact) mass is 542 g/mol. The number of ketones is 4. The van der Waals surface area contributed by atoms with Crippen molar-refractivity contribution in [1.82, 2.24) is 0 Å². The average Bonchev–Trinajstić information content (AvgIpc) is 2.93. The minimum Gasteiger partial charge on any atom is -0.508 e. The van der Waals surface area contributed by atoms with Gasteiger partial charge in [0, 0.05) is 23.3 Å². The normalized spacial score (nSPS) is 10.6. The molecular formula is C30H22O10. The van der Waals surface area contributed by atoms with Crippen LogP contribution in [0, 0.1) is 0 Å².